The third-order valence-electron chi connectivity index (χ3n) is 4.56. The molecule has 6 heteroatoms. The van der Waals surface area contributed by atoms with Crippen molar-refractivity contribution in [2.24, 2.45) is 0 Å². The van der Waals surface area contributed by atoms with E-state index in [0.717, 1.165) is 28.1 Å². The number of hydrogen-bond donors (Lipinski definition) is 1. The molecule has 2 heterocycles. The van der Waals surface area contributed by atoms with E-state index in [-0.39, 0.29) is 23.3 Å². The lowest BCUT2D eigenvalue weighted by atomic mass is 10.1. The highest BCUT2D eigenvalue weighted by Crippen LogP contribution is 2.39. The second-order valence-corrected chi connectivity index (χ2v) is 7.10. The molecule has 1 aliphatic heterocycles. The average Bonchev–Trinajstić information content (AvgIpc) is 3.27. The normalized spacial score (nSPS) is 17.2. The highest BCUT2D eigenvalue weighted by Gasteiger charge is 2.34. The van der Waals surface area contributed by atoms with Crippen LogP contribution in [0.5, 0.6) is 11.5 Å². The molecule has 1 atom stereocenters. The number of fused-ring (bicyclic) bond motifs is 1. The number of aromatic hydroxyl groups is 1. The van der Waals surface area contributed by atoms with Gasteiger partial charge >= 0.3 is 0 Å². The monoisotopic (exact) mass is 354 g/mol. The molecule has 5 nitrogen and oxygen atoms in total. The molecule has 1 N–H and O–H groups in total. The maximum atomic E-state index is 13.0. The van der Waals surface area contributed by atoms with Gasteiger partial charge in [-0.15, -0.1) is 11.3 Å². The second kappa shape index (κ2) is 6.37. The molecule has 0 bridgehead atoms. The maximum absolute atomic E-state index is 13.0. The summed E-state index contributed by atoms with van der Waals surface area (Å²) < 4.78 is 6.24. The van der Waals surface area contributed by atoms with Gasteiger partial charge in [0.05, 0.1) is 28.9 Å². The third-order valence-corrected chi connectivity index (χ3v) is 5.70. The Bertz CT molecular complexity index is 904. The van der Waals surface area contributed by atoms with Gasteiger partial charge in [-0.3, -0.25) is 4.79 Å². The first kappa shape index (κ1) is 15.9. The van der Waals surface area contributed by atoms with Crippen LogP contribution < -0.4 is 4.74 Å². The van der Waals surface area contributed by atoms with Crippen molar-refractivity contribution in [1.29, 1.82) is 0 Å². The highest BCUT2D eigenvalue weighted by molar-refractivity contribution is 7.18. The van der Waals surface area contributed by atoms with Crippen LogP contribution in [0.25, 0.3) is 10.2 Å². The number of benzene rings is 2. The Morgan fingerprint density at radius 1 is 1.28 bits per heavy atom. The number of nitrogens with zero attached hydrogens (tertiary/aromatic N) is 2. The predicted molar refractivity (Wildman–Crippen MR) is 97.3 cm³/mol. The topological polar surface area (TPSA) is 62.7 Å². The van der Waals surface area contributed by atoms with Gasteiger partial charge in [0.15, 0.2) is 11.5 Å². The summed E-state index contributed by atoms with van der Waals surface area (Å²) in [5.74, 6) is 0.0182. The first-order valence-electron chi connectivity index (χ1n) is 8.21. The van der Waals surface area contributed by atoms with Crippen LogP contribution in [0, 0.1) is 0 Å². The van der Waals surface area contributed by atoms with Crippen LogP contribution in [0.3, 0.4) is 0 Å². The lowest BCUT2D eigenvalue weighted by Crippen LogP contribution is -2.30. The molecular formula is C19H18N2O3S. The van der Waals surface area contributed by atoms with E-state index in [2.05, 4.69) is 0 Å². The van der Waals surface area contributed by atoms with Gasteiger partial charge in [-0.05, 0) is 37.1 Å². The molecule has 2 aromatic carbocycles. The first-order chi connectivity index (χ1) is 12.2. The van der Waals surface area contributed by atoms with E-state index in [1.807, 2.05) is 29.2 Å². The summed E-state index contributed by atoms with van der Waals surface area (Å²) in [6, 6.07) is 12.9. The van der Waals surface area contributed by atoms with Crippen LogP contribution in [0.15, 0.2) is 42.5 Å². The van der Waals surface area contributed by atoms with Crippen molar-refractivity contribution in [3.05, 3.63) is 53.0 Å². The number of rotatable bonds is 3. The molecule has 0 spiro atoms. The predicted octanol–water partition coefficient (Wildman–Crippen LogP) is 3.99. The Labute approximate surface area is 149 Å². The van der Waals surface area contributed by atoms with Crippen molar-refractivity contribution in [2.45, 2.75) is 18.9 Å². The Morgan fingerprint density at radius 3 is 2.92 bits per heavy atom. The number of thiazole rings is 1. The summed E-state index contributed by atoms with van der Waals surface area (Å²) in [6.07, 6.45) is 1.81. The lowest BCUT2D eigenvalue weighted by molar-refractivity contribution is 0.0732. The zero-order valence-electron chi connectivity index (χ0n) is 13.8. The minimum absolute atomic E-state index is 0.0458. The molecule has 1 saturated heterocycles. The smallest absolute Gasteiger partial charge is 0.258 e. The Morgan fingerprint density at radius 2 is 2.12 bits per heavy atom. The number of likely N-dealkylation sites (tertiary alicyclic amines) is 1. The Kier molecular flexibility index (Phi) is 4.05. The Balaban J connectivity index is 1.68. The van der Waals surface area contributed by atoms with Crippen molar-refractivity contribution in [3.8, 4) is 11.5 Å². The van der Waals surface area contributed by atoms with Crippen LogP contribution in [0.2, 0.25) is 0 Å². The van der Waals surface area contributed by atoms with Gasteiger partial charge in [0.1, 0.15) is 5.01 Å². The van der Waals surface area contributed by atoms with Gasteiger partial charge in [-0.1, -0.05) is 18.2 Å². The van der Waals surface area contributed by atoms with Crippen LogP contribution >= 0.6 is 11.3 Å². The van der Waals surface area contributed by atoms with Crippen LogP contribution in [0.4, 0.5) is 0 Å². The molecular weight excluding hydrogens is 336 g/mol. The van der Waals surface area contributed by atoms with Gasteiger partial charge in [0.2, 0.25) is 0 Å². The largest absolute Gasteiger partial charge is 0.504 e. The summed E-state index contributed by atoms with van der Waals surface area (Å²) in [7, 11) is 1.48. The van der Waals surface area contributed by atoms with Gasteiger partial charge in [0.25, 0.3) is 5.91 Å². The number of methoxy groups -OCH3 is 1. The fourth-order valence-electron chi connectivity index (χ4n) is 3.31. The van der Waals surface area contributed by atoms with Crippen LogP contribution in [-0.2, 0) is 0 Å². The van der Waals surface area contributed by atoms with E-state index in [1.54, 1.807) is 29.5 Å². The fraction of sp³-hybridized carbons (Fsp3) is 0.263. The molecule has 3 aromatic rings. The van der Waals surface area contributed by atoms with E-state index in [0.29, 0.717) is 12.3 Å². The number of phenols is 1. The number of ether oxygens (including phenoxy) is 1. The van der Waals surface area contributed by atoms with E-state index in [1.165, 1.54) is 7.11 Å². The molecule has 128 valence electrons. The molecule has 1 aliphatic rings. The van der Waals surface area contributed by atoms with Gasteiger partial charge < -0.3 is 14.7 Å². The number of hydrogen-bond acceptors (Lipinski definition) is 5. The number of carbonyl (C=O) groups is 1. The van der Waals surface area contributed by atoms with Crippen molar-refractivity contribution >= 4 is 27.5 Å². The number of amides is 1. The first-order valence-corrected chi connectivity index (χ1v) is 9.03. The maximum Gasteiger partial charge on any atom is 0.258 e. The summed E-state index contributed by atoms with van der Waals surface area (Å²) in [5.41, 5.74) is 1.23. The van der Waals surface area contributed by atoms with Crippen LogP contribution in [-0.4, -0.2) is 34.6 Å². The molecule has 1 fully saturated rings. The van der Waals surface area contributed by atoms with Gasteiger partial charge in [0, 0.05) is 6.54 Å². The van der Waals surface area contributed by atoms with Crippen molar-refractivity contribution in [1.82, 2.24) is 9.88 Å². The lowest BCUT2D eigenvalue weighted by Gasteiger charge is -2.23. The van der Waals surface area contributed by atoms with Gasteiger partial charge in [-0.2, -0.15) is 0 Å². The standard InChI is InChI=1S/C19H18N2O3S/c1-24-15-9-4-6-12(17(15)22)19(23)21-11-5-8-14(21)18-20-13-7-2-3-10-16(13)25-18/h2-4,6-7,9-10,14,22H,5,8,11H2,1H3. The van der Waals surface area contributed by atoms with Crippen LogP contribution in [0.1, 0.15) is 34.2 Å². The number of phenolic OH excluding ortho intramolecular Hbond substituents is 1. The molecule has 1 aromatic heterocycles. The number of para-hydroxylation sites is 2. The zero-order chi connectivity index (χ0) is 17.4. The molecule has 4 rings (SSSR count). The summed E-state index contributed by atoms with van der Waals surface area (Å²) in [6.45, 7) is 0.663. The molecule has 0 aliphatic carbocycles. The second-order valence-electron chi connectivity index (χ2n) is 6.03. The van der Waals surface area contributed by atoms with E-state index in [9.17, 15) is 9.90 Å². The molecule has 25 heavy (non-hydrogen) atoms. The van der Waals surface area contributed by atoms with Crippen molar-refractivity contribution in [3.63, 3.8) is 0 Å². The fourth-order valence-corrected chi connectivity index (χ4v) is 4.43. The van der Waals surface area contributed by atoms with Crippen molar-refractivity contribution < 1.29 is 14.6 Å². The molecule has 1 unspecified atom stereocenters. The third kappa shape index (κ3) is 2.72. The van der Waals surface area contributed by atoms with Gasteiger partial charge in [-0.25, -0.2) is 4.98 Å². The van der Waals surface area contributed by atoms with E-state index in [4.69, 9.17) is 9.72 Å². The summed E-state index contributed by atoms with van der Waals surface area (Å²) in [4.78, 5) is 19.5. The van der Waals surface area contributed by atoms with E-state index < -0.39 is 0 Å². The Hall–Kier alpha value is -2.60. The minimum atomic E-state index is -0.182. The SMILES string of the molecule is COc1cccc(C(=O)N2CCCC2c2nc3ccccc3s2)c1O. The average molecular weight is 354 g/mol. The number of carbonyl (C=O) groups excluding carboxylic acids is 1. The molecule has 1 amide bonds. The molecule has 0 saturated carbocycles. The number of aromatic nitrogens is 1. The van der Waals surface area contributed by atoms with E-state index >= 15 is 0 Å². The molecule has 0 radical (unpaired) electrons. The minimum Gasteiger partial charge on any atom is -0.504 e. The zero-order valence-corrected chi connectivity index (χ0v) is 14.6. The summed E-state index contributed by atoms with van der Waals surface area (Å²) >= 11 is 1.63. The quantitative estimate of drug-likeness (QED) is 0.772. The highest BCUT2D eigenvalue weighted by atomic mass is 32.1. The van der Waals surface area contributed by atoms with Crippen molar-refractivity contribution in [2.75, 3.05) is 13.7 Å². The summed E-state index contributed by atoms with van der Waals surface area (Å²) in [5, 5.41) is 11.3.